The summed E-state index contributed by atoms with van der Waals surface area (Å²) in [4.78, 5) is 9.07. The summed E-state index contributed by atoms with van der Waals surface area (Å²) in [5.74, 6) is 0. The molecule has 0 fully saturated rings. The van der Waals surface area contributed by atoms with E-state index in [-0.39, 0.29) is 5.56 Å². The van der Waals surface area contributed by atoms with Crippen LogP contribution in [0.25, 0.3) is 0 Å². The van der Waals surface area contributed by atoms with Gasteiger partial charge in [0.25, 0.3) is 14.7 Å². The van der Waals surface area contributed by atoms with Gasteiger partial charge in [-0.3, -0.25) is 10.1 Å². The highest BCUT2D eigenvalue weighted by Crippen LogP contribution is 2.29. The van der Waals surface area contributed by atoms with E-state index in [2.05, 4.69) is 0 Å². The van der Waals surface area contributed by atoms with Crippen LogP contribution in [-0.2, 0) is 15.7 Å². The molecule has 0 bridgehead atoms. The molecule has 1 aromatic carbocycles. The average Bonchev–Trinajstić information content (AvgIpc) is 2.25. The van der Waals surface area contributed by atoms with Crippen LogP contribution in [0, 0.1) is 21.4 Å². The molecule has 0 aromatic heterocycles. The van der Waals surface area contributed by atoms with Gasteiger partial charge in [-0.15, -0.1) is 0 Å². The second-order valence-electron chi connectivity index (χ2n) is 2.95. The molecular formula is C8H5ClN2O5S. The molecule has 0 heterocycles. The number of aliphatic hydroxyl groups is 1. The van der Waals surface area contributed by atoms with E-state index in [4.69, 9.17) is 21.1 Å². The Balaban J connectivity index is 3.77. The largest absolute Gasteiger partial charge is 0.392 e. The zero-order chi connectivity index (χ0) is 13.2. The predicted molar refractivity (Wildman–Crippen MR) is 56.8 cm³/mol. The van der Waals surface area contributed by atoms with E-state index in [9.17, 15) is 18.5 Å². The first-order valence-electron chi connectivity index (χ1n) is 4.08. The summed E-state index contributed by atoms with van der Waals surface area (Å²) >= 11 is 0. The van der Waals surface area contributed by atoms with Crippen LogP contribution in [0.5, 0.6) is 0 Å². The summed E-state index contributed by atoms with van der Waals surface area (Å²) < 4.78 is 22.3. The van der Waals surface area contributed by atoms with E-state index in [0.29, 0.717) is 0 Å². The molecule has 0 aliphatic rings. The number of nitrogens with zero attached hydrogens (tertiary/aromatic N) is 2. The fraction of sp³-hybridized carbons (Fsp3) is 0.125. The molecule has 0 aliphatic heterocycles. The molecule has 0 atom stereocenters. The van der Waals surface area contributed by atoms with Crippen molar-refractivity contribution in [3.05, 3.63) is 33.4 Å². The highest BCUT2D eigenvalue weighted by atomic mass is 35.7. The molecule has 0 spiro atoms. The van der Waals surface area contributed by atoms with Gasteiger partial charge in [-0.05, 0) is 11.6 Å². The lowest BCUT2D eigenvalue weighted by Gasteiger charge is -2.03. The summed E-state index contributed by atoms with van der Waals surface area (Å²) in [6.07, 6.45) is 0. The summed E-state index contributed by atoms with van der Waals surface area (Å²) in [5.41, 5.74) is -1.38. The number of aliphatic hydroxyl groups excluding tert-OH is 1. The lowest BCUT2D eigenvalue weighted by molar-refractivity contribution is -0.385. The molecular weight excluding hydrogens is 272 g/mol. The van der Waals surface area contributed by atoms with E-state index in [1.807, 2.05) is 0 Å². The van der Waals surface area contributed by atoms with Gasteiger partial charge in [-0.1, -0.05) is 0 Å². The minimum absolute atomic E-state index is 0.0186. The van der Waals surface area contributed by atoms with E-state index < -0.39 is 36.7 Å². The van der Waals surface area contributed by atoms with Crippen LogP contribution in [0.1, 0.15) is 11.1 Å². The number of nitro benzene ring substituents is 1. The smallest absolute Gasteiger partial charge is 0.288 e. The second-order valence-corrected chi connectivity index (χ2v) is 5.49. The van der Waals surface area contributed by atoms with Crippen molar-refractivity contribution in [3.63, 3.8) is 0 Å². The Hall–Kier alpha value is -1.69. The van der Waals surface area contributed by atoms with Crippen LogP contribution in [0.15, 0.2) is 17.0 Å². The molecule has 0 unspecified atom stereocenters. The Bertz CT molecular complexity index is 620. The van der Waals surface area contributed by atoms with Gasteiger partial charge in [0.2, 0.25) is 0 Å². The Morgan fingerprint density at radius 3 is 2.47 bits per heavy atom. The monoisotopic (exact) mass is 276 g/mol. The van der Waals surface area contributed by atoms with E-state index >= 15 is 0 Å². The Kier molecular flexibility index (Phi) is 3.67. The van der Waals surface area contributed by atoms with Gasteiger partial charge in [-0.2, -0.15) is 5.26 Å². The normalized spacial score (nSPS) is 10.9. The zero-order valence-electron chi connectivity index (χ0n) is 8.12. The van der Waals surface area contributed by atoms with E-state index in [1.165, 1.54) is 6.07 Å². The molecule has 9 heteroatoms. The van der Waals surface area contributed by atoms with Crippen molar-refractivity contribution in [2.45, 2.75) is 11.5 Å². The Labute approximate surface area is 100 Å². The van der Waals surface area contributed by atoms with Gasteiger partial charge in [0, 0.05) is 16.7 Å². The highest BCUT2D eigenvalue weighted by Gasteiger charge is 2.26. The third-order valence-corrected chi connectivity index (χ3v) is 3.24. The van der Waals surface area contributed by atoms with Crippen LogP contribution in [0.3, 0.4) is 0 Å². The fourth-order valence-electron chi connectivity index (χ4n) is 1.20. The van der Waals surface area contributed by atoms with Crippen LogP contribution < -0.4 is 0 Å². The van der Waals surface area contributed by atoms with E-state index in [0.717, 1.165) is 12.1 Å². The number of hydrogen-bond acceptors (Lipinski definition) is 6. The van der Waals surface area contributed by atoms with Crippen LogP contribution >= 0.6 is 10.7 Å². The first-order chi connectivity index (χ1) is 7.81. The molecule has 17 heavy (non-hydrogen) atoms. The standard InChI is InChI=1S/C8H5ClN2O5S/c9-17(15,16)8-2-5(4-12)1-7(11(13)14)6(8)3-10/h1-2,12H,4H2. The van der Waals surface area contributed by atoms with Gasteiger partial charge >= 0.3 is 0 Å². The van der Waals surface area contributed by atoms with E-state index in [1.54, 1.807) is 0 Å². The molecule has 0 amide bonds. The Morgan fingerprint density at radius 1 is 1.53 bits per heavy atom. The maximum absolute atomic E-state index is 11.2. The number of nitro groups is 1. The molecule has 0 radical (unpaired) electrons. The van der Waals surface area contributed by atoms with Gasteiger partial charge in [0.15, 0.2) is 0 Å². The number of nitriles is 1. The summed E-state index contributed by atoms with van der Waals surface area (Å²) in [6.45, 7) is -0.605. The van der Waals surface area contributed by atoms with Crippen molar-refractivity contribution >= 4 is 25.4 Å². The third kappa shape index (κ3) is 2.71. The Morgan fingerprint density at radius 2 is 2.12 bits per heavy atom. The van der Waals surface area contributed by atoms with Crippen molar-refractivity contribution in [3.8, 4) is 6.07 Å². The second kappa shape index (κ2) is 4.67. The lowest BCUT2D eigenvalue weighted by Crippen LogP contribution is -2.02. The van der Waals surface area contributed by atoms with Crippen molar-refractivity contribution in [2.75, 3.05) is 0 Å². The van der Waals surface area contributed by atoms with Crippen LogP contribution in [-0.4, -0.2) is 18.4 Å². The topological polar surface area (TPSA) is 121 Å². The van der Waals surface area contributed by atoms with Gasteiger partial charge in [0.1, 0.15) is 16.5 Å². The maximum Gasteiger partial charge on any atom is 0.288 e. The number of halogens is 1. The SMILES string of the molecule is N#Cc1c([N+](=O)[O-])cc(CO)cc1S(=O)(=O)Cl. The van der Waals surface area contributed by atoms with Crippen LogP contribution in [0.2, 0.25) is 0 Å². The number of rotatable bonds is 3. The highest BCUT2D eigenvalue weighted by molar-refractivity contribution is 8.13. The van der Waals surface area contributed by atoms with Crippen molar-refractivity contribution in [1.82, 2.24) is 0 Å². The van der Waals surface area contributed by atoms with Crippen LogP contribution in [0.4, 0.5) is 5.69 Å². The average molecular weight is 277 g/mol. The molecule has 1 aromatic rings. The molecule has 1 rings (SSSR count). The molecule has 0 saturated heterocycles. The fourth-order valence-corrected chi connectivity index (χ4v) is 2.25. The summed E-state index contributed by atoms with van der Waals surface area (Å²) in [6, 6.07) is 3.26. The van der Waals surface area contributed by atoms with Gasteiger partial charge in [0.05, 0.1) is 11.5 Å². The van der Waals surface area contributed by atoms with Crippen molar-refractivity contribution in [1.29, 1.82) is 5.26 Å². The molecule has 0 aliphatic carbocycles. The van der Waals surface area contributed by atoms with Gasteiger partial charge in [-0.25, -0.2) is 8.42 Å². The summed E-state index contributed by atoms with van der Waals surface area (Å²) in [5, 5.41) is 28.3. The number of benzene rings is 1. The van der Waals surface area contributed by atoms with Crippen molar-refractivity contribution in [2.24, 2.45) is 0 Å². The quantitative estimate of drug-likeness (QED) is 0.497. The minimum atomic E-state index is -4.30. The molecule has 7 nitrogen and oxygen atoms in total. The predicted octanol–water partition coefficient (Wildman–Crippen LogP) is 0.886. The third-order valence-electron chi connectivity index (χ3n) is 1.89. The first kappa shape index (κ1) is 13.4. The zero-order valence-corrected chi connectivity index (χ0v) is 9.70. The van der Waals surface area contributed by atoms with Crippen molar-refractivity contribution < 1.29 is 18.4 Å². The first-order valence-corrected chi connectivity index (χ1v) is 6.39. The molecule has 1 N–H and O–H groups in total. The molecule has 90 valence electrons. The molecule has 0 saturated carbocycles. The maximum atomic E-state index is 11.2. The lowest BCUT2D eigenvalue weighted by atomic mass is 10.1. The minimum Gasteiger partial charge on any atom is -0.392 e. The number of hydrogen-bond donors (Lipinski definition) is 1. The summed E-state index contributed by atoms with van der Waals surface area (Å²) in [7, 11) is 0.765. The van der Waals surface area contributed by atoms with Gasteiger partial charge < -0.3 is 5.11 Å².